The van der Waals surface area contributed by atoms with Crippen LogP contribution in [-0.4, -0.2) is 24.7 Å². The summed E-state index contributed by atoms with van der Waals surface area (Å²) >= 11 is 1.96. The Hall–Kier alpha value is -0.740. The molecule has 0 aliphatic carbocycles. The lowest BCUT2D eigenvalue weighted by atomic mass is 9.98. The monoisotopic (exact) mass is 283 g/mol. The molecular weight excluding hydrogens is 261 g/mol. The molecule has 4 heteroatoms. The summed E-state index contributed by atoms with van der Waals surface area (Å²) in [6, 6.07) is 5.50. The Morgan fingerprint density at radius 3 is 2.95 bits per heavy atom. The molecule has 1 aliphatic rings. The van der Waals surface area contributed by atoms with Gasteiger partial charge in [0.15, 0.2) is 11.6 Å². The molecule has 0 amide bonds. The van der Waals surface area contributed by atoms with Crippen molar-refractivity contribution in [1.82, 2.24) is 5.32 Å². The van der Waals surface area contributed by atoms with Gasteiger partial charge in [-0.2, -0.15) is 11.8 Å². The van der Waals surface area contributed by atoms with E-state index in [1.807, 2.05) is 23.9 Å². The Kier molecular flexibility index (Phi) is 5.52. The van der Waals surface area contributed by atoms with E-state index >= 15 is 0 Å². The van der Waals surface area contributed by atoms with Crippen molar-refractivity contribution in [1.29, 1.82) is 0 Å². The Bertz CT molecular complexity index is 407. The number of rotatable bonds is 5. The second-order valence-corrected chi connectivity index (χ2v) is 6.15. The van der Waals surface area contributed by atoms with Gasteiger partial charge in [-0.05, 0) is 31.2 Å². The average molecular weight is 283 g/mol. The van der Waals surface area contributed by atoms with Crippen LogP contribution in [0.2, 0.25) is 0 Å². The molecule has 1 N–H and O–H groups in total. The van der Waals surface area contributed by atoms with Crippen LogP contribution >= 0.6 is 11.8 Å². The predicted octanol–water partition coefficient (Wildman–Crippen LogP) is 3.77. The number of nitrogens with one attached hydrogen (secondary N) is 1. The number of ether oxygens (including phenoxy) is 1. The minimum atomic E-state index is -0.220. The first-order chi connectivity index (χ1) is 9.27. The van der Waals surface area contributed by atoms with Crippen molar-refractivity contribution in [2.45, 2.75) is 37.5 Å². The summed E-state index contributed by atoms with van der Waals surface area (Å²) in [6.45, 7) is 2.91. The maximum Gasteiger partial charge on any atom is 0.169 e. The Balaban J connectivity index is 2.27. The molecule has 0 saturated carbocycles. The highest BCUT2D eigenvalue weighted by molar-refractivity contribution is 8.00. The maximum atomic E-state index is 14.4. The zero-order valence-electron chi connectivity index (χ0n) is 11.6. The van der Waals surface area contributed by atoms with Crippen molar-refractivity contribution in [2.75, 3.05) is 19.4 Å². The normalized spacial score (nSPS) is 21.1. The van der Waals surface area contributed by atoms with Crippen LogP contribution in [0, 0.1) is 5.82 Å². The molecule has 0 spiro atoms. The van der Waals surface area contributed by atoms with Crippen LogP contribution < -0.4 is 10.1 Å². The molecule has 2 unspecified atom stereocenters. The van der Waals surface area contributed by atoms with Crippen molar-refractivity contribution in [2.24, 2.45) is 0 Å². The fourth-order valence-corrected chi connectivity index (χ4v) is 4.06. The van der Waals surface area contributed by atoms with Gasteiger partial charge in [0.05, 0.1) is 7.11 Å². The summed E-state index contributed by atoms with van der Waals surface area (Å²) in [5.74, 6) is 1.29. The van der Waals surface area contributed by atoms with E-state index in [-0.39, 0.29) is 11.9 Å². The fraction of sp³-hybridized carbons (Fsp3) is 0.600. The molecule has 1 saturated heterocycles. The first-order valence-corrected chi connectivity index (χ1v) is 8.00. The van der Waals surface area contributed by atoms with Crippen molar-refractivity contribution < 1.29 is 9.13 Å². The highest BCUT2D eigenvalue weighted by Gasteiger charge is 2.28. The summed E-state index contributed by atoms with van der Waals surface area (Å²) in [5, 5.41) is 3.90. The molecule has 2 atom stereocenters. The molecule has 2 rings (SSSR count). The summed E-state index contributed by atoms with van der Waals surface area (Å²) in [7, 11) is 1.51. The smallest absolute Gasteiger partial charge is 0.169 e. The van der Waals surface area contributed by atoms with Crippen LogP contribution in [0.1, 0.15) is 37.8 Å². The van der Waals surface area contributed by atoms with Gasteiger partial charge < -0.3 is 10.1 Å². The van der Waals surface area contributed by atoms with Crippen molar-refractivity contribution in [3.63, 3.8) is 0 Å². The van der Waals surface area contributed by atoms with Crippen LogP contribution in [0.15, 0.2) is 18.2 Å². The van der Waals surface area contributed by atoms with Crippen LogP contribution in [0.3, 0.4) is 0 Å². The lowest BCUT2D eigenvalue weighted by Gasteiger charge is -2.31. The molecule has 106 valence electrons. The lowest BCUT2D eigenvalue weighted by Crippen LogP contribution is -2.32. The third-order valence-electron chi connectivity index (χ3n) is 3.56. The highest BCUT2D eigenvalue weighted by atomic mass is 32.2. The largest absolute Gasteiger partial charge is 0.494 e. The molecule has 0 bridgehead atoms. The second-order valence-electron chi connectivity index (χ2n) is 4.80. The van der Waals surface area contributed by atoms with Gasteiger partial charge in [0.2, 0.25) is 0 Å². The molecule has 19 heavy (non-hydrogen) atoms. The van der Waals surface area contributed by atoms with Gasteiger partial charge in [-0.3, -0.25) is 0 Å². The maximum absolute atomic E-state index is 14.4. The number of benzene rings is 1. The van der Waals surface area contributed by atoms with E-state index in [2.05, 4.69) is 12.2 Å². The van der Waals surface area contributed by atoms with E-state index in [1.165, 1.54) is 25.7 Å². The third kappa shape index (κ3) is 3.42. The number of hydrogen-bond donors (Lipinski definition) is 1. The lowest BCUT2D eigenvalue weighted by molar-refractivity contribution is 0.377. The summed E-state index contributed by atoms with van der Waals surface area (Å²) in [6.07, 6.45) is 3.67. The van der Waals surface area contributed by atoms with Crippen molar-refractivity contribution in [3.05, 3.63) is 29.6 Å². The zero-order chi connectivity index (χ0) is 13.7. The van der Waals surface area contributed by atoms with Crippen LogP contribution in [0.25, 0.3) is 0 Å². The minimum Gasteiger partial charge on any atom is -0.494 e. The van der Waals surface area contributed by atoms with Gasteiger partial charge in [-0.15, -0.1) is 0 Å². The predicted molar refractivity (Wildman–Crippen MR) is 79.5 cm³/mol. The molecule has 2 nitrogen and oxygen atoms in total. The minimum absolute atomic E-state index is 0.0744. The van der Waals surface area contributed by atoms with Gasteiger partial charge in [0, 0.05) is 16.9 Å². The summed E-state index contributed by atoms with van der Waals surface area (Å²) in [5.41, 5.74) is 0.737. The fourth-order valence-electron chi connectivity index (χ4n) is 2.62. The molecule has 0 aromatic heterocycles. The quantitative estimate of drug-likeness (QED) is 0.889. The van der Waals surface area contributed by atoms with E-state index in [1.54, 1.807) is 6.07 Å². The highest BCUT2D eigenvalue weighted by Crippen LogP contribution is 2.37. The Morgan fingerprint density at radius 2 is 2.32 bits per heavy atom. The third-order valence-corrected chi connectivity index (χ3v) is 5.02. The zero-order valence-corrected chi connectivity index (χ0v) is 12.4. The van der Waals surface area contributed by atoms with E-state index < -0.39 is 0 Å². The van der Waals surface area contributed by atoms with Gasteiger partial charge in [-0.25, -0.2) is 4.39 Å². The van der Waals surface area contributed by atoms with Gasteiger partial charge in [0.25, 0.3) is 0 Å². The number of hydrogen-bond acceptors (Lipinski definition) is 3. The molecule has 0 radical (unpaired) electrons. The molecule has 1 fully saturated rings. The summed E-state index contributed by atoms with van der Waals surface area (Å²) < 4.78 is 19.5. The standard InChI is InChI=1S/C15H22FNOS/c1-3-17-15(13-9-4-5-10-19-13)11-7-6-8-12(18-2)14(11)16/h6-8,13,15,17H,3-5,9-10H2,1-2H3. The number of thioether (sulfide) groups is 1. The molecule has 1 aliphatic heterocycles. The average Bonchev–Trinajstić information content (AvgIpc) is 2.46. The topological polar surface area (TPSA) is 21.3 Å². The Morgan fingerprint density at radius 1 is 1.47 bits per heavy atom. The van der Waals surface area contributed by atoms with Gasteiger partial charge in [0.1, 0.15) is 0 Å². The summed E-state index contributed by atoms with van der Waals surface area (Å²) in [4.78, 5) is 0. The van der Waals surface area contributed by atoms with Crippen LogP contribution in [-0.2, 0) is 0 Å². The van der Waals surface area contributed by atoms with Crippen LogP contribution in [0.4, 0.5) is 4.39 Å². The molecule has 1 aromatic rings. The number of methoxy groups -OCH3 is 1. The number of halogens is 1. The SMILES string of the molecule is CCNC(c1cccc(OC)c1F)C1CCCCS1. The van der Waals surface area contributed by atoms with Crippen LogP contribution in [0.5, 0.6) is 5.75 Å². The van der Waals surface area contributed by atoms with E-state index in [0.717, 1.165) is 18.5 Å². The molecule has 1 aromatic carbocycles. The first-order valence-electron chi connectivity index (χ1n) is 6.95. The van der Waals surface area contributed by atoms with E-state index in [0.29, 0.717) is 11.0 Å². The van der Waals surface area contributed by atoms with Crippen molar-refractivity contribution >= 4 is 11.8 Å². The van der Waals surface area contributed by atoms with Crippen molar-refractivity contribution in [3.8, 4) is 5.75 Å². The van der Waals surface area contributed by atoms with Gasteiger partial charge in [-0.1, -0.05) is 25.5 Å². The van der Waals surface area contributed by atoms with E-state index in [4.69, 9.17) is 4.74 Å². The molecule has 1 heterocycles. The molecular formula is C15H22FNOS. The van der Waals surface area contributed by atoms with Gasteiger partial charge >= 0.3 is 0 Å². The first kappa shape index (κ1) is 14.7. The second kappa shape index (κ2) is 7.15. The Labute approximate surface area is 119 Å². The van der Waals surface area contributed by atoms with E-state index in [9.17, 15) is 4.39 Å².